The highest BCUT2D eigenvalue weighted by Gasteiger charge is 2.30. The molecule has 1 fully saturated rings. The summed E-state index contributed by atoms with van der Waals surface area (Å²) in [5.41, 5.74) is 2.07. The summed E-state index contributed by atoms with van der Waals surface area (Å²) < 4.78 is 33.7. The lowest BCUT2D eigenvalue weighted by Crippen LogP contribution is -2.42. The largest absolute Gasteiger partial charge is 0.474 e. The molecule has 3 heterocycles. The van der Waals surface area contributed by atoms with Crippen molar-refractivity contribution in [1.29, 1.82) is 0 Å². The van der Waals surface area contributed by atoms with E-state index in [1.807, 2.05) is 30.2 Å². The third-order valence-electron chi connectivity index (χ3n) is 4.78. The van der Waals surface area contributed by atoms with Gasteiger partial charge >= 0.3 is 0 Å². The van der Waals surface area contributed by atoms with Gasteiger partial charge in [0.2, 0.25) is 5.88 Å². The van der Waals surface area contributed by atoms with Crippen LogP contribution in [0.1, 0.15) is 44.6 Å². The molecule has 0 atom stereocenters. The zero-order valence-corrected chi connectivity index (χ0v) is 15.6. The van der Waals surface area contributed by atoms with Crippen LogP contribution >= 0.6 is 0 Å². The number of pyridine rings is 1. The fourth-order valence-corrected chi connectivity index (χ4v) is 4.45. The molecule has 26 heavy (non-hydrogen) atoms. The van der Waals surface area contributed by atoms with Crippen LogP contribution in [-0.4, -0.2) is 48.3 Å². The second-order valence-electron chi connectivity index (χ2n) is 6.89. The lowest BCUT2D eigenvalue weighted by Gasteiger charge is -2.29. The standard InChI is InChI=1S/C18H22N4O3S/c1-13-12-22-9-10-26(23,24)21-18(22)17(20-13)14-7-8-16(19-11-14)25-15-5-3-2-4-6-15/h7-8,11-12,15H,2-6,9-10H2,1H3. The Morgan fingerprint density at radius 2 is 2.00 bits per heavy atom. The number of nitrogens with zero attached hydrogens (tertiary/aromatic N) is 4. The van der Waals surface area contributed by atoms with Gasteiger partial charge in [0, 0.05) is 30.6 Å². The van der Waals surface area contributed by atoms with E-state index in [9.17, 15) is 8.42 Å². The average molecular weight is 374 g/mol. The molecule has 0 spiro atoms. The van der Waals surface area contributed by atoms with E-state index < -0.39 is 10.0 Å². The number of aromatic nitrogens is 1. The maximum atomic E-state index is 11.9. The summed E-state index contributed by atoms with van der Waals surface area (Å²) in [5, 5.41) is 0. The second-order valence-corrected chi connectivity index (χ2v) is 8.64. The van der Waals surface area contributed by atoms with E-state index in [1.165, 1.54) is 19.3 Å². The number of hydrogen-bond acceptors (Lipinski definition) is 6. The molecule has 0 saturated heterocycles. The number of allylic oxidation sites excluding steroid dienone is 1. The van der Waals surface area contributed by atoms with Crippen molar-refractivity contribution in [2.45, 2.75) is 45.1 Å². The third kappa shape index (κ3) is 3.65. The summed E-state index contributed by atoms with van der Waals surface area (Å²) in [6, 6.07) is 3.69. The van der Waals surface area contributed by atoms with Gasteiger partial charge in [-0.05, 0) is 38.7 Å². The van der Waals surface area contributed by atoms with Crippen LogP contribution in [-0.2, 0) is 10.0 Å². The predicted octanol–water partition coefficient (Wildman–Crippen LogP) is 2.50. The Morgan fingerprint density at radius 1 is 1.19 bits per heavy atom. The van der Waals surface area contributed by atoms with Crippen LogP contribution in [0.15, 0.2) is 39.6 Å². The van der Waals surface area contributed by atoms with Crippen molar-refractivity contribution in [2.24, 2.45) is 9.39 Å². The van der Waals surface area contributed by atoms with E-state index in [2.05, 4.69) is 14.4 Å². The van der Waals surface area contributed by atoms with Gasteiger partial charge in [-0.2, -0.15) is 0 Å². The molecule has 0 bridgehead atoms. The SMILES string of the molecule is CC1=CN2CCS(=O)(=O)N=C2C(c2ccc(OC3CCCCC3)nc2)=N1. The average Bonchev–Trinajstić information content (AvgIpc) is 2.63. The number of ether oxygens (including phenoxy) is 1. The molecule has 0 unspecified atom stereocenters. The molecule has 7 nitrogen and oxygen atoms in total. The van der Waals surface area contributed by atoms with Crippen LogP contribution in [0, 0.1) is 0 Å². The Kier molecular flexibility index (Phi) is 4.52. The minimum atomic E-state index is -3.45. The lowest BCUT2D eigenvalue weighted by atomic mass is 9.98. The van der Waals surface area contributed by atoms with E-state index >= 15 is 0 Å². The highest BCUT2D eigenvalue weighted by molar-refractivity contribution is 7.90. The van der Waals surface area contributed by atoms with E-state index in [-0.39, 0.29) is 11.9 Å². The van der Waals surface area contributed by atoms with Gasteiger partial charge in [-0.3, -0.25) is 0 Å². The van der Waals surface area contributed by atoms with Crippen LogP contribution < -0.4 is 4.74 Å². The predicted molar refractivity (Wildman–Crippen MR) is 100.0 cm³/mol. The highest BCUT2D eigenvalue weighted by Crippen LogP contribution is 2.24. The van der Waals surface area contributed by atoms with Crippen molar-refractivity contribution in [2.75, 3.05) is 12.3 Å². The molecule has 0 aromatic carbocycles. The normalized spacial score (nSPS) is 22.8. The molecular weight excluding hydrogens is 352 g/mol. The summed E-state index contributed by atoms with van der Waals surface area (Å²) in [7, 11) is -3.45. The Balaban J connectivity index is 1.59. The van der Waals surface area contributed by atoms with Gasteiger partial charge in [0.05, 0.1) is 11.4 Å². The minimum absolute atomic E-state index is 0.0139. The van der Waals surface area contributed by atoms with Gasteiger partial charge in [-0.1, -0.05) is 6.42 Å². The minimum Gasteiger partial charge on any atom is -0.474 e. The first-order valence-corrected chi connectivity index (χ1v) is 10.6. The van der Waals surface area contributed by atoms with Crippen LogP contribution in [0.3, 0.4) is 0 Å². The Hall–Kier alpha value is -2.22. The van der Waals surface area contributed by atoms with Crippen LogP contribution in [0.4, 0.5) is 0 Å². The van der Waals surface area contributed by atoms with Gasteiger partial charge in [0.25, 0.3) is 10.0 Å². The molecule has 0 N–H and O–H groups in total. The summed E-state index contributed by atoms with van der Waals surface area (Å²) >= 11 is 0. The summed E-state index contributed by atoms with van der Waals surface area (Å²) in [4.78, 5) is 10.7. The van der Waals surface area contributed by atoms with E-state index in [0.717, 1.165) is 24.1 Å². The van der Waals surface area contributed by atoms with Crippen molar-refractivity contribution >= 4 is 21.6 Å². The van der Waals surface area contributed by atoms with Crippen molar-refractivity contribution in [3.05, 3.63) is 35.8 Å². The van der Waals surface area contributed by atoms with Crippen molar-refractivity contribution < 1.29 is 13.2 Å². The number of fused-ring (bicyclic) bond motifs is 1. The maximum Gasteiger partial charge on any atom is 0.256 e. The first-order chi connectivity index (χ1) is 12.5. The number of rotatable bonds is 3. The van der Waals surface area contributed by atoms with E-state index in [0.29, 0.717) is 24.0 Å². The Labute approximate surface area is 153 Å². The monoisotopic (exact) mass is 374 g/mol. The Bertz CT molecular complexity index is 882. The molecule has 4 rings (SSSR count). The third-order valence-corrected chi connectivity index (χ3v) is 5.93. The lowest BCUT2D eigenvalue weighted by molar-refractivity contribution is 0.148. The van der Waals surface area contributed by atoms with E-state index in [4.69, 9.17) is 4.74 Å². The molecule has 0 radical (unpaired) electrons. The molecule has 8 heteroatoms. The second kappa shape index (κ2) is 6.83. The summed E-state index contributed by atoms with van der Waals surface area (Å²) in [5.74, 6) is 0.976. The fourth-order valence-electron chi connectivity index (χ4n) is 3.47. The fraction of sp³-hybridized carbons (Fsp3) is 0.500. The number of sulfonamides is 1. The Morgan fingerprint density at radius 3 is 2.73 bits per heavy atom. The molecule has 3 aliphatic rings. The molecule has 1 saturated carbocycles. The smallest absolute Gasteiger partial charge is 0.256 e. The molecule has 2 aliphatic heterocycles. The van der Waals surface area contributed by atoms with E-state index in [1.54, 1.807) is 6.20 Å². The molecule has 0 amide bonds. The quantitative estimate of drug-likeness (QED) is 0.812. The molecule has 138 valence electrons. The van der Waals surface area contributed by atoms with Crippen LogP contribution in [0.2, 0.25) is 0 Å². The number of amidine groups is 1. The molecular formula is C18H22N4O3S. The van der Waals surface area contributed by atoms with Gasteiger partial charge in [-0.15, -0.1) is 4.40 Å². The van der Waals surface area contributed by atoms with Gasteiger partial charge in [0.15, 0.2) is 5.84 Å². The first kappa shape index (κ1) is 17.2. The molecule has 1 aromatic heterocycles. The van der Waals surface area contributed by atoms with Crippen molar-refractivity contribution in [3.63, 3.8) is 0 Å². The zero-order chi connectivity index (χ0) is 18.1. The number of aliphatic imine (C=N–C) groups is 1. The van der Waals surface area contributed by atoms with Crippen LogP contribution in [0.5, 0.6) is 5.88 Å². The van der Waals surface area contributed by atoms with Crippen molar-refractivity contribution in [1.82, 2.24) is 9.88 Å². The zero-order valence-electron chi connectivity index (χ0n) is 14.8. The summed E-state index contributed by atoms with van der Waals surface area (Å²) in [6.07, 6.45) is 9.57. The summed E-state index contributed by atoms with van der Waals surface area (Å²) in [6.45, 7) is 2.27. The highest BCUT2D eigenvalue weighted by atomic mass is 32.2. The van der Waals surface area contributed by atoms with Crippen molar-refractivity contribution in [3.8, 4) is 5.88 Å². The molecule has 1 aromatic rings. The maximum absolute atomic E-state index is 11.9. The topological polar surface area (TPSA) is 84.2 Å². The van der Waals surface area contributed by atoms with Gasteiger partial charge in [-0.25, -0.2) is 18.4 Å². The molecule has 1 aliphatic carbocycles. The van der Waals surface area contributed by atoms with Gasteiger partial charge < -0.3 is 9.64 Å². The van der Waals surface area contributed by atoms with Gasteiger partial charge in [0.1, 0.15) is 11.8 Å². The number of hydrogen-bond donors (Lipinski definition) is 0. The van der Waals surface area contributed by atoms with Crippen LogP contribution in [0.25, 0.3) is 0 Å². The first-order valence-electron chi connectivity index (χ1n) is 9.00.